The van der Waals surface area contributed by atoms with Crippen LogP contribution in [-0.2, 0) is 16.4 Å². The fraction of sp³-hybridized carbons (Fsp3) is 0.125. The lowest BCUT2D eigenvalue weighted by atomic mass is 10.1. The van der Waals surface area contributed by atoms with E-state index in [1.54, 1.807) is 6.07 Å². The molecule has 3 N–H and O–H groups in total. The topological polar surface area (TPSA) is 121 Å². The van der Waals surface area contributed by atoms with E-state index in [9.17, 15) is 18.3 Å². The Kier molecular flexibility index (Phi) is 7.06. The summed E-state index contributed by atoms with van der Waals surface area (Å²) in [5.41, 5.74) is 0.721. The normalized spacial score (nSPS) is 12.3. The Labute approximate surface area is 201 Å². The zero-order valence-corrected chi connectivity index (χ0v) is 19.4. The fourth-order valence-electron chi connectivity index (χ4n) is 3.40. The van der Waals surface area contributed by atoms with Crippen LogP contribution < -0.4 is 10.0 Å². The van der Waals surface area contributed by atoms with Crippen LogP contribution in [0.15, 0.2) is 83.9 Å². The average molecular weight is 497 g/mol. The predicted molar refractivity (Wildman–Crippen MR) is 130 cm³/mol. The lowest BCUT2D eigenvalue weighted by molar-refractivity contribution is 0.0911. The van der Waals surface area contributed by atoms with Gasteiger partial charge < -0.3 is 10.4 Å². The molecule has 0 saturated carbocycles. The molecule has 0 aliphatic rings. The van der Waals surface area contributed by atoms with E-state index >= 15 is 0 Å². The Balaban J connectivity index is 1.53. The maximum atomic E-state index is 12.9. The molecule has 3 aromatic carbocycles. The SMILES string of the molecule is O=C(N[C@H](CO)Cc1ccccc1)c1nc(NS(=O)(=O)c2ccc3ccccc3c2)ncc1Cl. The van der Waals surface area contributed by atoms with Crippen molar-refractivity contribution in [1.29, 1.82) is 0 Å². The van der Waals surface area contributed by atoms with Crippen LogP contribution in [0.25, 0.3) is 10.8 Å². The van der Waals surface area contributed by atoms with Crippen molar-refractivity contribution in [3.05, 3.63) is 95.3 Å². The summed E-state index contributed by atoms with van der Waals surface area (Å²) >= 11 is 6.11. The second kappa shape index (κ2) is 10.2. The van der Waals surface area contributed by atoms with Gasteiger partial charge in [-0.2, -0.15) is 0 Å². The van der Waals surface area contributed by atoms with Gasteiger partial charge in [-0.25, -0.2) is 23.1 Å². The number of carbonyl (C=O) groups is 1. The van der Waals surface area contributed by atoms with E-state index in [-0.39, 0.29) is 28.2 Å². The smallest absolute Gasteiger partial charge is 0.271 e. The van der Waals surface area contributed by atoms with Crippen LogP contribution in [0.5, 0.6) is 0 Å². The van der Waals surface area contributed by atoms with Crippen LogP contribution in [-0.4, -0.2) is 42.0 Å². The molecule has 0 aliphatic heterocycles. The highest BCUT2D eigenvalue weighted by atomic mass is 35.5. The molecule has 174 valence electrons. The Bertz CT molecular complexity index is 1430. The highest BCUT2D eigenvalue weighted by Gasteiger charge is 2.21. The number of aliphatic hydroxyl groups is 1. The molecule has 4 rings (SSSR count). The molecule has 8 nitrogen and oxygen atoms in total. The number of fused-ring (bicyclic) bond motifs is 1. The van der Waals surface area contributed by atoms with Crippen LogP contribution in [0.4, 0.5) is 5.95 Å². The van der Waals surface area contributed by atoms with Gasteiger partial charge in [0.15, 0.2) is 5.69 Å². The molecule has 0 unspecified atom stereocenters. The lowest BCUT2D eigenvalue weighted by Crippen LogP contribution is -2.39. The van der Waals surface area contributed by atoms with E-state index in [0.717, 1.165) is 22.5 Å². The largest absolute Gasteiger partial charge is 0.394 e. The van der Waals surface area contributed by atoms with Crippen LogP contribution >= 0.6 is 11.6 Å². The van der Waals surface area contributed by atoms with Crippen molar-refractivity contribution in [2.45, 2.75) is 17.4 Å². The lowest BCUT2D eigenvalue weighted by Gasteiger charge is -2.17. The first kappa shape index (κ1) is 23.6. The average Bonchev–Trinajstić information content (AvgIpc) is 2.85. The van der Waals surface area contributed by atoms with Crippen molar-refractivity contribution < 1.29 is 18.3 Å². The minimum atomic E-state index is -4.02. The molecule has 0 aliphatic carbocycles. The highest BCUT2D eigenvalue weighted by Crippen LogP contribution is 2.21. The van der Waals surface area contributed by atoms with Gasteiger partial charge >= 0.3 is 0 Å². The zero-order valence-electron chi connectivity index (χ0n) is 17.8. The summed E-state index contributed by atoms with van der Waals surface area (Å²) in [7, 11) is -4.02. The number of anilines is 1. The van der Waals surface area contributed by atoms with Gasteiger partial charge in [0.05, 0.1) is 28.8 Å². The molecule has 0 fully saturated rings. The molecule has 0 spiro atoms. The van der Waals surface area contributed by atoms with E-state index in [4.69, 9.17) is 11.6 Å². The Hall–Kier alpha value is -3.53. The van der Waals surface area contributed by atoms with Gasteiger partial charge in [0.25, 0.3) is 15.9 Å². The third-order valence-electron chi connectivity index (χ3n) is 5.10. The van der Waals surface area contributed by atoms with Gasteiger partial charge in [-0.15, -0.1) is 0 Å². The number of nitrogens with zero attached hydrogens (tertiary/aromatic N) is 2. The number of aromatic nitrogens is 2. The number of carbonyl (C=O) groups excluding carboxylic acids is 1. The number of rotatable bonds is 8. The van der Waals surface area contributed by atoms with Gasteiger partial charge in [0, 0.05) is 0 Å². The van der Waals surface area contributed by atoms with Crippen LogP contribution in [0.3, 0.4) is 0 Å². The van der Waals surface area contributed by atoms with E-state index in [1.807, 2.05) is 54.6 Å². The number of nitrogens with one attached hydrogen (secondary N) is 2. The fourth-order valence-corrected chi connectivity index (χ4v) is 4.57. The van der Waals surface area contributed by atoms with Crippen molar-refractivity contribution in [2.24, 2.45) is 0 Å². The number of hydrogen-bond donors (Lipinski definition) is 3. The summed E-state index contributed by atoms with van der Waals surface area (Å²) in [6.45, 7) is -0.301. The molecule has 0 radical (unpaired) electrons. The minimum absolute atomic E-state index is 0.0268. The van der Waals surface area contributed by atoms with Crippen LogP contribution in [0.2, 0.25) is 5.02 Å². The summed E-state index contributed by atoms with van der Waals surface area (Å²) < 4.78 is 28.1. The molecule has 4 aromatic rings. The quantitative estimate of drug-likeness (QED) is 0.343. The van der Waals surface area contributed by atoms with Crippen LogP contribution in [0, 0.1) is 0 Å². The molecule has 0 bridgehead atoms. The Morgan fingerprint density at radius 3 is 2.44 bits per heavy atom. The molecular formula is C24H21ClN4O4S. The summed E-state index contributed by atoms with van der Waals surface area (Å²) in [6.07, 6.45) is 1.54. The first-order chi connectivity index (χ1) is 16.4. The first-order valence-electron chi connectivity index (χ1n) is 10.4. The number of benzene rings is 3. The molecule has 1 aromatic heterocycles. The first-order valence-corrected chi connectivity index (χ1v) is 12.2. The third kappa shape index (κ3) is 5.51. The summed E-state index contributed by atoms with van der Waals surface area (Å²) in [5, 5.41) is 14.0. The monoisotopic (exact) mass is 496 g/mol. The summed E-state index contributed by atoms with van der Waals surface area (Å²) in [5.74, 6) is -0.958. The number of amides is 1. The maximum Gasteiger partial charge on any atom is 0.271 e. The van der Waals surface area contributed by atoms with Gasteiger partial charge in [0.1, 0.15) is 0 Å². The maximum absolute atomic E-state index is 12.9. The number of hydrogen-bond acceptors (Lipinski definition) is 6. The van der Waals surface area contributed by atoms with Gasteiger partial charge in [-0.05, 0) is 34.9 Å². The second-order valence-corrected chi connectivity index (χ2v) is 9.64. The number of halogens is 1. The van der Waals surface area contributed by atoms with Gasteiger partial charge in [0.2, 0.25) is 5.95 Å². The second-order valence-electron chi connectivity index (χ2n) is 7.55. The number of aliphatic hydroxyl groups excluding tert-OH is 1. The molecule has 0 saturated heterocycles. The minimum Gasteiger partial charge on any atom is -0.394 e. The highest BCUT2D eigenvalue weighted by molar-refractivity contribution is 7.92. The molecule has 1 amide bonds. The Morgan fingerprint density at radius 2 is 1.71 bits per heavy atom. The van der Waals surface area contributed by atoms with E-state index < -0.39 is 22.0 Å². The molecule has 1 heterocycles. The van der Waals surface area contributed by atoms with E-state index in [2.05, 4.69) is 20.0 Å². The zero-order chi connectivity index (χ0) is 24.1. The Morgan fingerprint density at radius 1 is 1.00 bits per heavy atom. The van der Waals surface area contributed by atoms with Crippen molar-refractivity contribution in [3.63, 3.8) is 0 Å². The molecular weight excluding hydrogens is 476 g/mol. The standard InChI is InChI=1S/C24H21ClN4O4S/c25-21-14-26-24(29-34(32,33)20-11-10-17-8-4-5-9-18(17)13-20)28-22(21)23(31)27-19(15-30)12-16-6-2-1-3-7-16/h1-11,13-14,19,30H,12,15H2,(H,27,31)(H,26,28,29)/t19-/m0/s1. The van der Waals surface area contributed by atoms with E-state index in [1.165, 1.54) is 12.1 Å². The third-order valence-corrected chi connectivity index (χ3v) is 6.70. The molecule has 1 atom stereocenters. The molecule has 34 heavy (non-hydrogen) atoms. The predicted octanol–water partition coefficient (Wildman–Crippen LogP) is 3.42. The van der Waals surface area contributed by atoms with Crippen molar-refractivity contribution in [1.82, 2.24) is 15.3 Å². The summed E-state index contributed by atoms with van der Waals surface area (Å²) in [4.78, 5) is 20.7. The van der Waals surface area contributed by atoms with Crippen molar-refractivity contribution in [2.75, 3.05) is 11.3 Å². The van der Waals surface area contributed by atoms with Gasteiger partial charge in [-0.3, -0.25) is 4.79 Å². The van der Waals surface area contributed by atoms with E-state index in [0.29, 0.717) is 6.42 Å². The number of sulfonamides is 1. The van der Waals surface area contributed by atoms with Crippen molar-refractivity contribution >= 4 is 44.3 Å². The summed E-state index contributed by atoms with van der Waals surface area (Å²) in [6, 6.07) is 20.9. The van der Waals surface area contributed by atoms with Crippen molar-refractivity contribution in [3.8, 4) is 0 Å². The molecule has 10 heteroatoms. The van der Waals surface area contributed by atoms with Crippen LogP contribution in [0.1, 0.15) is 16.1 Å². The van der Waals surface area contributed by atoms with Gasteiger partial charge in [-0.1, -0.05) is 72.3 Å².